The van der Waals surface area contributed by atoms with Crippen LogP contribution in [0.4, 0.5) is 0 Å². The Morgan fingerprint density at radius 3 is 2.18 bits per heavy atom. The van der Waals surface area contributed by atoms with E-state index in [9.17, 15) is 14.7 Å². The Kier molecular flexibility index (Phi) is 7.15. The summed E-state index contributed by atoms with van der Waals surface area (Å²) in [5.74, 6) is -1.06. The monoisotopic (exact) mass is 397 g/mol. The number of hydrogen-bond donors (Lipinski definition) is 3. The quantitative estimate of drug-likeness (QED) is 0.609. The number of carbonyl (C=O) groups is 2. The van der Waals surface area contributed by atoms with E-state index in [-0.39, 0.29) is 18.2 Å². The van der Waals surface area contributed by atoms with Crippen molar-refractivity contribution in [2.24, 2.45) is 5.92 Å². The van der Waals surface area contributed by atoms with Gasteiger partial charge in [0.15, 0.2) is 0 Å². The van der Waals surface area contributed by atoms with E-state index in [1.807, 2.05) is 54.6 Å². The van der Waals surface area contributed by atoms with Gasteiger partial charge in [0.1, 0.15) is 6.04 Å². The van der Waals surface area contributed by atoms with Gasteiger partial charge in [-0.05, 0) is 35.4 Å². The second kappa shape index (κ2) is 9.78. The Bertz CT molecular complexity index is 785. The molecule has 1 aliphatic carbocycles. The molecular weight excluding hydrogens is 370 g/mol. The number of rotatable bonds is 7. The van der Waals surface area contributed by atoms with Crippen molar-refractivity contribution in [3.63, 3.8) is 0 Å². The molecule has 0 saturated heterocycles. The van der Waals surface area contributed by atoms with Crippen LogP contribution in [-0.2, 0) is 16.0 Å². The van der Waals surface area contributed by atoms with Crippen molar-refractivity contribution in [1.82, 2.24) is 5.32 Å². The molecule has 3 rings (SSSR count). The Morgan fingerprint density at radius 1 is 0.964 bits per heavy atom. The Labute approximate surface area is 171 Å². The zero-order valence-electron chi connectivity index (χ0n) is 15.9. The molecule has 0 unspecified atom stereocenters. The normalized spacial score (nSPS) is 16.9. The second-order valence-electron chi connectivity index (χ2n) is 7.51. The maximum absolute atomic E-state index is 12.5. The molecule has 2 atom stereocenters. The van der Waals surface area contributed by atoms with E-state index < -0.39 is 17.3 Å². The van der Waals surface area contributed by atoms with Gasteiger partial charge in [-0.25, -0.2) is 4.79 Å². The number of aliphatic carboxylic acids is 1. The predicted octanol–water partition coefficient (Wildman–Crippen LogP) is 4.34. The maximum atomic E-state index is 12.5. The summed E-state index contributed by atoms with van der Waals surface area (Å²) >= 11 is 4.49. The molecule has 0 radical (unpaired) electrons. The third kappa shape index (κ3) is 5.38. The lowest BCUT2D eigenvalue weighted by atomic mass is 9.86. The molecule has 148 valence electrons. The molecule has 0 bridgehead atoms. The van der Waals surface area contributed by atoms with Gasteiger partial charge in [0.2, 0.25) is 5.91 Å². The number of thiol groups is 1. The van der Waals surface area contributed by atoms with Crippen LogP contribution in [-0.4, -0.2) is 28.3 Å². The number of nitrogens with one attached hydrogen (secondary N) is 1. The number of amides is 1. The van der Waals surface area contributed by atoms with E-state index in [1.54, 1.807) is 0 Å². The Hall–Kier alpha value is -2.27. The summed E-state index contributed by atoms with van der Waals surface area (Å²) in [7, 11) is 0. The van der Waals surface area contributed by atoms with Gasteiger partial charge in [0, 0.05) is 6.42 Å². The van der Waals surface area contributed by atoms with Crippen molar-refractivity contribution in [3.05, 3.63) is 60.2 Å². The molecule has 0 heterocycles. The van der Waals surface area contributed by atoms with Gasteiger partial charge in [0.25, 0.3) is 0 Å². The van der Waals surface area contributed by atoms with Crippen LogP contribution >= 0.6 is 12.6 Å². The number of hydrogen-bond acceptors (Lipinski definition) is 3. The van der Waals surface area contributed by atoms with Gasteiger partial charge >= 0.3 is 5.97 Å². The van der Waals surface area contributed by atoms with Crippen LogP contribution in [0, 0.1) is 5.92 Å². The van der Waals surface area contributed by atoms with Gasteiger partial charge in [-0.3, -0.25) is 4.79 Å². The van der Waals surface area contributed by atoms with Crippen LogP contribution in [0.5, 0.6) is 0 Å². The third-order valence-corrected chi connectivity index (χ3v) is 6.14. The smallest absolute Gasteiger partial charge is 0.326 e. The molecule has 5 heteroatoms. The third-order valence-electron chi connectivity index (χ3n) is 5.48. The molecule has 4 nitrogen and oxygen atoms in total. The summed E-state index contributed by atoms with van der Waals surface area (Å²) in [6, 6.07) is 16.9. The number of benzene rings is 2. The number of carbonyl (C=O) groups excluding carboxylic acids is 1. The summed E-state index contributed by atoms with van der Waals surface area (Å²) in [5.41, 5.74) is 3.07. The average Bonchev–Trinajstić information content (AvgIpc) is 2.74. The Morgan fingerprint density at radius 2 is 1.57 bits per heavy atom. The Balaban J connectivity index is 1.62. The fourth-order valence-corrected chi connectivity index (χ4v) is 4.19. The lowest BCUT2D eigenvalue weighted by molar-refractivity contribution is -0.141. The molecule has 2 N–H and O–H groups in total. The van der Waals surface area contributed by atoms with Crippen molar-refractivity contribution in [2.45, 2.75) is 49.8 Å². The zero-order chi connectivity index (χ0) is 19.9. The topological polar surface area (TPSA) is 66.4 Å². The highest BCUT2D eigenvalue weighted by atomic mass is 32.1. The van der Waals surface area contributed by atoms with Gasteiger partial charge < -0.3 is 10.4 Å². The average molecular weight is 398 g/mol. The van der Waals surface area contributed by atoms with Crippen molar-refractivity contribution in [2.75, 3.05) is 0 Å². The van der Waals surface area contributed by atoms with Crippen molar-refractivity contribution < 1.29 is 14.7 Å². The molecule has 28 heavy (non-hydrogen) atoms. The van der Waals surface area contributed by atoms with Crippen molar-refractivity contribution in [1.29, 1.82) is 0 Å². The summed E-state index contributed by atoms with van der Waals surface area (Å²) in [6.07, 6.45) is 5.66. The van der Waals surface area contributed by atoms with Crippen molar-refractivity contribution in [3.8, 4) is 11.1 Å². The molecule has 0 aromatic heterocycles. The fraction of sp³-hybridized carbons (Fsp3) is 0.391. The van der Waals surface area contributed by atoms with Gasteiger partial charge in [-0.2, -0.15) is 12.6 Å². The minimum atomic E-state index is -1.02. The highest BCUT2D eigenvalue weighted by molar-refractivity contribution is 7.81. The summed E-state index contributed by atoms with van der Waals surface area (Å²) in [6.45, 7) is 0. The molecule has 1 amide bonds. The minimum Gasteiger partial charge on any atom is -0.480 e. The lowest BCUT2D eigenvalue weighted by Gasteiger charge is -2.27. The van der Waals surface area contributed by atoms with E-state index in [1.165, 1.54) is 6.42 Å². The summed E-state index contributed by atoms with van der Waals surface area (Å²) < 4.78 is 0. The van der Waals surface area contributed by atoms with E-state index in [4.69, 9.17) is 0 Å². The first-order chi connectivity index (χ1) is 13.5. The summed E-state index contributed by atoms with van der Waals surface area (Å²) in [4.78, 5) is 24.2. The van der Waals surface area contributed by atoms with Gasteiger partial charge in [0.05, 0.1) is 5.25 Å². The number of carboxylic acid groups (broad SMARTS) is 1. The van der Waals surface area contributed by atoms with Crippen LogP contribution in [0.25, 0.3) is 11.1 Å². The summed E-state index contributed by atoms with van der Waals surface area (Å²) in [5, 5.41) is 11.8. The predicted molar refractivity (Wildman–Crippen MR) is 114 cm³/mol. The SMILES string of the molecule is O=C(O)[C@H](Cc1ccc(-c2ccccc2)cc1)NC(=O)[C@H](S)C1CCCCC1. The van der Waals surface area contributed by atoms with E-state index in [0.717, 1.165) is 42.4 Å². The van der Waals surface area contributed by atoms with E-state index in [0.29, 0.717) is 0 Å². The molecule has 1 fully saturated rings. The first kappa shape index (κ1) is 20.5. The standard InChI is InChI=1S/C23H27NO3S/c25-22(21(28)19-9-5-2-6-10-19)24-20(23(26)27)15-16-11-13-18(14-12-16)17-7-3-1-4-8-17/h1,3-4,7-8,11-14,19-21,28H,2,5-6,9-10,15H2,(H,24,25)(H,26,27)/t20-,21+/m0/s1. The molecule has 1 saturated carbocycles. The van der Waals surface area contributed by atoms with Gasteiger partial charge in [-0.1, -0.05) is 73.9 Å². The lowest BCUT2D eigenvalue weighted by Crippen LogP contribution is -2.47. The molecule has 1 aliphatic rings. The zero-order valence-corrected chi connectivity index (χ0v) is 16.8. The molecule has 2 aromatic rings. The highest BCUT2D eigenvalue weighted by Crippen LogP contribution is 2.29. The molecule has 0 spiro atoms. The second-order valence-corrected chi connectivity index (χ2v) is 8.07. The fourth-order valence-electron chi connectivity index (χ4n) is 3.82. The van der Waals surface area contributed by atoms with E-state index >= 15 is 0 Å². The number of carboxylic acids is 1. The van der Waals surface area contributed by atoms with E-state index in [2.05, 4.69) is 17.9 Å². The molecule has 2 aromatic carbocycles. The van der Waals surface area contributed by atoms with Crippen molar-refractivity contribution >= 4 is 24.5 Å². The van der Waals surface area contributed by atoms with Crippen LogP contribution in [0.1, 0.15) is 37.7 Å². The molecule has 0 aliphatic heterocycles. The van der Waals surface area contributed by atoms with Crippen LogP contribution in [0.15, 0.2) is 54.6 Å². The van der Waals surface area contributed by atoms with Gasteiger partial charge in [-0.15, -0.1) is 0 Å². The largest absolute Gasteiger partial charge is 0.480 e. The molecular formula is C23H27NO3S. The first-order valence-corrected chi connectivity index (χ1v) is 10.4. The van der Waals surface area contributed by atoms with Crippen LogP contribution in [0.3, 0.4) is 0 Å². The van der Waals surface area contributed by atoms with Crippen LogP contribution < -0.4 is 5.32 Å². The first-order valence-electron chi connectivity index (χ1n) is 9.90. The minimum absolute atomic E-state index is 0.233. The maximum Gasteiger partial charge on any atom is 0.326 e. The van der Waals surface area contributed by atoms with Crippen LogP contribution in [0.2, 0.25) is 0 Å². The highest BCUT2D eigenvalue weighted by Gasteiger charge is 2.29.